The summed E-state index contributed by atoms with van der Waals surface area (Å²) in [5, 5.41) is 8.89. The predicted octanol–water partition coefficient (Wildman–Crippen LogP) is 4.65. The zero-order valence-electron chi connectivity index (χ0n) is 19.9. The molecule has 0 bridgehead atoms. The van der Waals surface area contributed by atoms with Gasteiger partial charge in [-0.2, -0.15) is 0 Å². The number of nitrogens with zero attached hydrogens (tertiary/aromatic N) is 4. The molecule has 1 atom stereocenters. The van der Waals surface area contributed by atoms with Gasteiger partial charge in [-0.25, -0.2) is 0 Å². The number of benzene rings is 2. The molecule has 2 heterocycles. The first kappa shape index (κ1) is 23.2. The lowest BCUT2D eigenvalue weighted by Crippen LogP contribution is -2.19. The molecule has 0 radical (unpaired) electrons. The summed E-state index contributed by atoms with van der Waals surface area (Å²) in [5.41, 5.74) is 3.56. The van der Waals surface area contributed by atoms with E-state index in [9.17, 15) is 4.79 Å². The zero-order chi connectivity index (χ0) is 24.1. The van der Waals surface area contributed by atoms with Crippen molar-refractivity contribution in [2.24, 2.45) is 5.92 Å². The molecule has 4 rings (SSSR count). The highest BCUT2D eigenvalue weighted by Gasteiger charge is 2.25. The number of para-hydroxylation sites is 1. The second-order valence-corrected chi connectivity index (χ2v) is 8.27. The van der Waals surface area contributed by atoms with Crippen molar-refractivity contribution in [1.82, 2.24) is 19.7 Å². The molecule has 0 amide bonds. The number of pyridine rings is 1. The lowest BCUT2D eigenvalue weighted by molar-refractivity contribution is -0.121. The molecule has 0 fully saturated rings. The monoisotopic (exact) mass is 456 g/mol. The van der Waals surface area contributed by atoms with E-state index in [4.69, 9.17) is 9.47 Å². The maximum atomic E-state index is 13.3. The highest BCUT2D eigenvalue weighted by atomic mass is 16.5. The molecule has 0 aliphatic heterocycles. The molecule has 2 aromatic carbocycles. The summed E-state index contributed by atoms with van der Waals surface area (Å²) >= 11 is 0. The SMILES string of the molecule is COc1cccc(OC)c1-n1c(CC(=O)[C@H](C)Cc2ccccc2)nnc1-c1cncc(C)c1. The predicted molar refractivity (Wildman–Crippen MR) is 130 cm³/mol. The third-order valence-electron chi connectivity index (χ3n) is 5.76. The molecule has 7 nitrogen and oxygen atoms in total. The van der Waals surface area contributed by atoms with Crippen LogP contribution < -0.4 is 9.47 Å². The number of hydrogen-bond donors (Lipinski definition) is 0. The molecule has 174 valence electrons. The van der Waals surface area contributed by atoms with E-state index in [2.05, 4.69) is 15.2 Å². The second kappa shape index (κ2) is 10.3. The van der Waals surface area contributed by atoms with Gasteiger partial charge in [0, 0.05) is 23.9 Å². The van der Waals surface area contributed by atoms with E-state index in [1.165, 1.54) is 0 Å². The van der Waals surface area contributed by atoms with Crippen LogP contribution in [-0.4, -0.2) is 39.8 Å². The van der Waals surface area contributed by atoms with Crippen molar-refractivity contribution >= 4 is 5.78 Å². The molecule has 0 spiro atoms. The minimum atomic E-state index is -0.170. The smallest absolute Gasteiger partial charge is 0.170 e. The van der Waals surface area contributed by atoms with Crippen LogP contribution in [0.1, 0.15) is 23.9 Å². The van der Waals surface area contributed by atoms with Gasteiger partial charge in [0.2, 0.25) is 0 Å². The van der Waals surface area contributed by atoms with Gasteiger partial charge in [-0.05, 0) is 42.7 Å². The zero-order valence-corrected chi connectivity index (χ0v) is 19.9. The largest absolute Gasteiger partial charge is 0.494 e. The summed E-state index contributed by atoms with van der Waals surface area (Å²) in [4.78, 5) is 17.6. The van der Waals surface area contributed by atoms with Crippen LogP contribution in [0.3, 0.4) is 0 Å². The lowest BCUT2D eigenvalue weighted by Gasteiger charge is -2.18. The Bertz CT molecular complexity index is 1260. The second-order valence-electron chi connectivity index (χ2n) is 8.27. The molecule has 7 heteroatoms. The molecule has 0 unspecified atom stereocenters. The van der Waals surface area contributed by atoms with Gasteiger partial charge in [0.1, 0.15) is 28.8 Å². The van der Waals surface area contributed by atoms with E-state index in [0.29, 0.717) is 35.3 Å². The van der Waals surface area contributed by atoms with Crippen LogP contribution in [0.4, 0.5) is 0 Å². The number of aromatic nitrogens is 4. The van der Waals surface area contributed by atoms with Crippen LogP contribution in [0.15, 0.2) is 67.0 Å². The Kier molecular flexibility index (Phi) is 7.01. The third kappa shape index (κ3) is 4.83. The number of carbonyl (C=O) groups is 1. The van der Waals surface area contributed by atoms with Crippen LogP contribution >= 0.6 is 0 Å². The van der Waals surface area contributed by atoms with Crippen LogP contribution in [0.25, 0.3) is 17.1 Å². The van der Waals surface area contributed by atoms with Crippen molar-refractivity contribution in [3.8, 4) is 28.6 Å². The quantitative estimate of drug-likeness (QED) is 0.365. The summed E-state index contributed by atoms with van der Waals surface area (Å²) in [6.07, 6.45) is 4.31. The van der Waals surface area contributed by atoms with Crippen molar-refractivity contribution in [1.29, 1.82) is 0 Å². The van der Waals surface area contributed by atoms with Crippen molar-refractivity contribution in [3.05, 3.63) is 83.9 Å². The van der Waals surface area contributed by atoms with Crippen LogP contribution in [0.5, 0.6) is 11.5 Å². The van der Waals surface area contributed by atoms with E-state index < -0.39 is 0 Å². The van der Waals surface area contributed by atoms with Crippen molar-refractivity contribution in [2.45, 2.75) is 26.7 Å². The molecule has 0 aliphatic rings. The summed E-state index contributed by atoms with van der Waals surface area (Å²) in [5.74, 6) is 2.18. The number of hydrogen-bond acceptors (Lipinski definition) is 6. The van der Waals surface area contributed by atoms with Gasteiger partial charge < -0.3 is 9.47 Å². The van der Waals surface area contributed by atoms with E-state index in [0.717, 1.165) is 16.7 Å². The van der Waals surface area contributed by atoms with Crippen molar-refractivity contribution in [3.63, 3.8) is 0 Å². The highest BCUT2D eigenvalue weighted by Crippen LogP contribution is 2.36. The molecule has 34 heavy (non-hydrogen) atoms. The molecule has 0 saturated carbocycles. The Morgan fingerprint density at radius 3 is 2.32 bits per heavy atom. The van der Waals surface area contributed by atoms with Gasteiger partial charge in [0.05, 0.1) is 20.6 Å². The van der Waals surface area contributed by atoms with Crippen LogP contribution in [0, 0.1) is 12.8 Å². The first-order valence-corrected chi connectivity index (χ1v) is 11.2. The van der Waals surface area contributed by atoms with Crippen molar-refractivity contribution < 1.29 is 14.3 Å². The van der Waals surface area contributed by atoms with Gasteiger partial charge in [-0.1, -0.05) is 43.3 Å². The standard InChI is InChI=1S/C27H28N4O3/c1-18-13-21(17-28-16-18)27-30-29-25(15-22(32)19(2)14-20-9-6-5-7-10-20)31(27)26-23(33-3)11-8-12-24(26)34-4/h5-13,16-17,19H,14-15H2,1-4H3/t19-/m1/s1. The summed E-state index contributed by atoms with van der Waals surface area (Å²) in [7, 11) is 3.20. The number of methoxy groups -OCH3 is 2. The average molecular weight is 457 g/mol. The van der Waals surface area contributed by atoms with Gasteiger partial charge in [-0.15, -0.1) is 10.2 Å². The first-order chi connectivity index (χ1) is 16.5. The topological polar surface area (TPSA) is 79.1 Å². The maximum absolute atomic E-state index is 13.3. The Morgan fingerprint density at radius 2 is 1.68 bits per heavy atom. The lowest BCUT2D eigenvalue weighted by atomic mass is 9.95. The average Bonchev–Trinajstić information content (AvgIpc) is 3.26. The molecule has 0 aliphatic carbocycles. The van der Waals surface area contributed by atoms with Crippen LogP contribution in [0.2, 0.25) is 0 Å². The minimum Gasteiger partial charge on any atom is -0.494 e. The Morgan fingerprint density at radius 1 is 0.971 bits per heavy atom. The fourth-order valence-electron chi connectivity index (χ4n) is 3.99. The number of ketones is 1. The van der Waals surface area contributed by atoms with E-state index in [1.54, 1.807) is 26.6 Å². The first-order valence-electron chi connectivity index (χ1n) is 11.2. The molecular weight excluding hydrogens is 428 g/mol. The Labute approximate surface area is 199 Å². The number of carbonyl (C=O) groups excluding carboxylic acids is 1. The van der Waals surface area contributed by atoms with E-state index >= 15 is 0 Å². The van der Waals surface area contributed by atoms with E-state index in [1.807, 2.05) is 73.0 Å². The molecular formula is C27H28N4O3. The number of Topliss-reactive ketones (excluding diaryl/α,β-unsaturated/α-hetero) is 1. The molecule has 0 saturated heterocycles. The Hall–Kier alpha value is -4.00. The van der Waals surface area contributed by atoms with Gasteiger partial charge in [0.25, 0.3) is 0 Å². The Balaban J connectivity index is 1.78. The fourth-order valence-corrected chi connectivity index (χ4v) is 3.99. The van der Waals surface area contributed by atoms with Gasteiger partial charge >= 0.3 is 0 Å². The number of aryl methyl sites for hydroxylation is 1. The summed E-state index contributed by atoms with van der Waals surface area (Å²) in [6.45, 7) is 3.92. The third-order valence-corrected chi connectivity index (χ3v) is 5.76. The molecule has 0 N–H and O–H groups in total. The van der Waals surface area contributed by atoms with Gasteiger partial charge in [-0.3, -0.25) is 14.3 Å². The molecule has 4 aromatic rings. The van der Waals surface area contributed by atoms with Gasteiger partial charge in [0.15, 0.2) is 5.82 Å². The minimum absolute atomic E-state index is 0.0836. The van der Waals surface area contributed by atoms with Crippen LogP contribution in [-0.2, 0) is 17.6 Å². The normalized spacial score (nSPS) is 11.8. The summed E-state index contributed by atoms with van der Waals surface area (Å²) in [6, 6.07) is 17.5. The van der Waals surface area contributed by atoms with E-state index in [-0.39, 0.29) is 18.1 Å². The maximum Gasteiger partial charge on any atom is 0.170 e. The fraction of sp³-hybridized carbons (Fsp3) is 0.259. The highest BCUT2D eigenvalue weighted by molar-refractivity contribution is 5.83. The summed E-state index contributed by atoms with van der Waals surface area (Å²) < 4.78 is 13.2. The number of rotatable bonds is 9. The number of ether oxygens (including phenoxy) is 2. The van der Waals surface area contributed by atoms with Crippen molar-refractivity contribution in [2.75, 3.05) is 14.2 Å². The molecule has 2 aromatic heterocycles.